The van der Waals surface area contributed by atoms with E-state index in [-0.39, 0.29) is 17.7 Å². The van der Waals surface area contributed by atoms with E-state index < -0.39 is 28.7 Å². The zero-order chi connectivity index (χ0) is 20.1. The molecule has 0 aliphatic heterocycles. The molecule has 0 radical (unpaired) electrons. The number of fused-ring (bicyclic) bond motifs is 1. The van der Waals surface area contributed by atoms with Crippen LogP contribution in [0.4, 0.5) is 13.2 Å². The number of hydrogen-bond donors (Lipinski definition) is 1. The standard InChI is InChI=1S/C16H16F3N5O3/c1-15(27,16(17,18)19)10-5-4-9(6-20-10)7-24-13(25)11-12(21-8-22(11)2)23(3)14(24)26/h4-6,8,27H,7H2,1-3H3. The summed E-state index contributed by atoms with van der Waals surface area (Å²) in [6, 6.07) is 2.29. The average molecular weight is 383 g/mol. The number of aliphatic hydroxyl groups is 1. The number of imidazole rings is 1. The van der Waals surface area contributed by atoms with E-state index in [2.05, 4.69) is 9.97 Å². The van der Waals surface area contributed by atoms with Crippen molar-refractivity contribution < 1.29 is 18.3 Å². The van der Waals surface area contributed by atoms with Crippen LogP contribution in [0.3, 0.4) is 0 Å². The van der Waals surface area contributed by atoms with E-state index in [1.54, 1.807) is 7.05 Å². The summed E-state index contributed by atoms with van der Waals surface area (Å²) in [5, 5.41) is 9.65. The third-order valence-corrected chi connectivity index (χ3v) is 4.42. The van der Waals surface area contributed by atoms with Crippen molar-refractivity contribution >= 4 is 11.2 Å². The molecule has 0 amide bonds. The summed E-state index contributed by atoms with van der Waals surface area (Å²) >= 11 is 0. The van der Waals surface area contributed by atoms with E-state index >= 15 is 0 Å². The third-order valence-electron chi connectivity index (χ3n) is 4.42. The molecule has 0 saturated heterocycles. The van der Waals surface area contributed by atoms with Crippen molar-refractivity contribution in [1.29, 1.82) is 0 Å². The molecule has 0 aromatic carbocycles. The highest BCUT2D eigenvalue weighted by molar-refractivity contribution is 5.69. The van der Waals surface area contributed by atoms with Gasteiger partial charge in [0.2, 0.25) is 0 Å². The normalized spacial score (nSPS) is 14.5. The second-order valence-electron chi connectivity index (χ2n) is 6.38. The molecule has 0 spiro atoms. The maximum absolute atomic E-state index is 12.9. The summed E-state index contributed by atoms with van der Waals surface area (Å²) in [7, 11) is 3.08. The molecule has 3 heterocycles. The lowest BCUT2D eigenvalue weighted by atomic mass is 10.0. The van der Waals surface area contributed by atoms with Crippen molar-refractivity contribution in [1.82, 2.24) is 23.7 Å². The maximum Gasteiger partial charge on any atom is 0.422 e. The van der Waals surface area contributed by atoms with Crippen LogP contribution in [-0.2, 0) is 26.2 Å². The first-order valence-corrected chi connectivity index (χ1v) is 7.80. The van der Waals surface area contributed by atoms with Crippen LogP contribution in [0.25, 0.3) is 11.2 Å². The lowest BCUT2D eigenvalue weighted by Crippen LogP contribution is -2.40. The first-order valence-electron chi connectivity index (χ1n) is 7.80. The van der Waals surface area contributed by atoms with Gasteiger partial charge in [0.05, 0.1) is 18.6 Å². The minimum absolute atomic E-state index is 0.186. The van der Waals surface area contributed by atoms with Crippen LogP contribution in [-0.4, -0.2) is 35.0 Å². The smallest absolute Gasteiger partial charge is 0.375 e. The fourth-order valence-electron chi connectivity index (χ4n) is 2.67. The molecule has 1 unspecified atom stereocenters. The molecule has 8 nitrogen and oxygen atoms in total. The van der Waals surface area contributed by atoms with Crippen molar-refractivity contribution in [3.63, 3.8) is 0 Å². The van der Waals surface area contributed by atoms with Gasteiger partial charge in [0, 0.05) is 20.3 Å². The quantitative estimate of drug-likeness (QED) is 0.717. The van der Waals surface area contributed by atoms with Gasteiger partial charge in [-0.05, 0) is 18.6 Å². The number of pyridine rings is 1. The molecule has 0 aliphatic rings. The SMILES string of the molecule is Cn1cnc2c1c(=O)n(Cc1ccc(C(C)(O)C(F)(F)F)nc1)c(=O)n2C. The van der Waals surface area contributed by atoms with E-state index in [9.17, 15) is 27.9 Å². The van der Waals surface area contributed by atoms with Crippen molar-refractivity contribution in [2.45, 2.75) is 25.2 Å². The van der Waals surface area contributed by atoms with Crippen LogP contribution in [0.1, 0.15) is 18.2 Å². The van der Waals surface area contributed by atoms with Crippen LogP contribution in [0.15, 0.2) is 34.2 Å². The van der Waals surface area contributed by atoms with Crippen LogP contribution >= 0.6 is 0 Å². The zero-order valence-electron chi connectivity index (χ0n) is 14.7. The van der Waals surface area contributed by atoms with Gasteiger partial charge >= 0.3 is 11.9 Å². The van der Waals surface area contributed by atoms with Gasteiger partial charge in [0.25, 0.3) is 5.56 Å². The van der Waals surface area contributed by atoms with Crippen LogP contribution in [0, 0.1) is 0 Å². The minimum Gasteiger partial charge on any atom is -0.375 e. The highest BCUT2D eigenvalue weighted by atomic mass is 19.4. The van der Waals surface area contributed by atoms with Gasteiger partial charge in [-0.15, -0.1) is 0 Å². The predicted molar refractivity (Wildman–Crippen MR) is 89.2 cm³/mol. The van der Waals surface area contributed by atoms with Gasteiger partial charge in [-0.25, -0.2) is 9.78 Å². The summed E-state index contributed by atoms with van der Waals surface area (Å²) in [5.74, 6) is 0. The van der Waals surface area contributed by atoms with Crippen molar-refractivity contribution in [2.75, 3.05) is 0 Å². The van der Waals surface area contributed by atoms with Crippen LogP contribution in [0.5, 0.6) is 0 Å². The molecule has 144 valence electrons. The molecular weight excluding hydrogens is 367 g/mol. The summed E-state index contributed by atoms with van der Waals surface area (Å²) in [5.41, 5.74) is -4.08. The lowest BCUT2D eigenvalue weighted by Gasteiger charge is -2.25. The van der Waals surface area contributed by atoms with E-state index in [0.717, 1.165) is 16.8 Å². The summed E-state index contributed by atoms with van der Waals surface area (Å²) in [4.78, 5) is 32.7. The fraction of sp³-hybridized carbons (Fsp3) is 0.375. The first-order chi connectivity index (χ1) is 12.4. The first kappa shape index (κ1) is 18.8. The average Bonchev–Trinajstić information content (AvgIpc) is 2.98. The minimum atomic E-state index is -4.89. The van der Waals surface area contributed by atoms with E-state index in [4.69, 9.17) is 0 Å². The maximum atomic E-state index is 12.9. The van der Waals surface area contributed by atoms with Gasteiger partial charge < -0.3 is 9.67 Å². The molecule has 3 aromatic heterocycles. The van der Waals surface area contributed by atoms with Gasteiger partial charge in [-0.1, -0.05) is 6.07 Å². The molecule has 0 aliphatic carbocycles. The van der Waals surface area contributed by atoms with E-state index in [0.29, 0.717) is 12.5 Å². The number of aryl methyl sites for hydroxylation is 2. The number of hydrogen-bond acceptors (Lipinski definition) is 5. The highest BCUT2D eigenvalue weighted by Crippen LogP contribution is 2.37. The summed E-state index contributed by atoms with van der Waals surface area (Å²) in [6.45, 7) is 0.416. The Bertz CT molecular complexity index is 1120. The lowest BCUT2D eigenvalue weighted by molar-refractivity contribution is -0.260. The molecule has 3 aromatic rings. The van der Waals surface area contributed by atoms with Gasteiger partial charge in [0.1, 0.15) is 0 Å². The van der Waals surface area contributed by atoms with Crippen molar-refractivity contribution in [3.8, 4) is 0 Å². The fourth-order valence-corrected chi connectivity index (χ4v) is 2.67. The number of nitrogens with zero attached hydrogens (tertiary/aromatic N) is 5. The highest BCUT2D eigenvalue weighted by Gasteiger charge is 2.52. The van der Waals surface area contributed by atoms with Gasteiger partial charge in [-0.2, -0.15) is 13.2 Å². The molecule has 1 N–H and O–H groups in total. The Hall–Kier alpha value is -2.95. The topological polar surface area (TPSA) is 94.9 Å². The Morgan fingerprint density at radius 1 is 1.15 bits per heavy atom. The van der Waals surface area contributed by atoms with E-state index in [1.165, 1.54) is 28.6 Å². The number of alkyl halides is 3. The van der Waals surface area contributed by atoms with Crippen LogP contribution in [0.2, 0.25) is 0 Å². The number of aromatic nitrogens is 5. The molecule has 0 saturated carbocycles. The van der Waals surface area contributed by atoms with Gasteiger partial charge in [0.15, 0.2) is 16.8 Å². The second-order valence-corrected chi connectivity index (χ2v) is 6.38. The second kappa shape index (κ2) is 6.05. The van der Waals surface area contributed by atoms with E-state index in [1.807, 2.05) is 0 Å². The largest absolute Gasteiger partial charge is 0.422 e. The van der Waals surface area contributed by atoms with Crippen molar-refractivity contribution in [2.24, 2.45) is 14.1 Å². The third kappa shape index (κ3) is 2.93. The molecule has 11 heteroatoms. The predicted octanol–water partition coefficient (Wildman–Crippen LogP) is 0.647. The molecule has 0 bridgehead atoms. The molecule has 27 heavy (non-hydrogen) atoms. The molecule has 0 fully saturated rings. The zero-order valence-corrected chi connectivity index (χ0v) is 14.7. The van der Waals surface area contributed by atoms with Gasteiger partial charge in [-0.3, -0.25) is 18.9 Å². The Kier molecular flexibility index (Phi) is 4.22. The molecular formula is C16H16F3N5O3. The Morgan fingerprint density at radius 3 is 2.37 bits per heavy atom. The van der Waals surface area contributed by atoms with Crippen LogP contribution < -0.4 is 11.2 Å². The Labute approximate surface area is 150 Å². The Morgan fingerprint density at radius 2 is 1.81 bits per heavy atom. The number of halogens is 3. The summed E-state index contributed by atoms with van der Waals surface area (Å²) in [6.07, 6.45) is -2.39. The molecule has 3 rings (SSSR count). The van der Waals surface area contributed by atoms with Crippen molar-refractivity contribution in [3.05, 3.63) is 56.8 Å². The number of rotatable bonds is 3. The monoisotopic (exact) mass is 383 g/mol. The summed E-state index contributed by atoms with van der Waals surface area (Å²) < 4.78 is 42.3. The molecule has 1 atom stereocenters. The Balaban J connectivity index is 2.03.